The molecule has 0 radical (unpaired) electrons. The van der Waals surface area contributed by atoms with Crippen molar-refractivity contribution in [2.24, 2.45) is 0 Å². The van der Waals surface area contributed by atoms with Gasteiger partial charge in [0.25, 0.3) is 0 Å². The summed E-state index contributed by atoms with van der Waals surface area (Å²) in [6, 6.07) is 27.5. The minimum absolute atomic E-state index is 0.0396. The van der Waals surface area contributed by atoms with Crippen LogP contribution < -0.4 is 5.46 Å². The second-order valence-corrected chi connectivity index (χ2v) is 6.09. The van der Waals surface area contributed by atoms with Gasteiger partial charge in [-0.05, 0) is 38.1 Å². The Labute approximate surface area is 148 Å². The van der Waals surface area contributed by atoms with Crippen LogP contribution in [0, 0.1) is 0 Å². The lowest BCUT2D eigenvalue weighted by Gasteiger charge is -2.16. The molecule has 0 fully saturated rings. The average Bonchev–Trinajstić information content (AvgIpc) is 2.68. The van der Waals surface area contributed by atoms with Crippen LogP contribution in [-0.2, 0) is 4.65 Å². The summed E-state index contributed by atoms with van der Waals surface area (Å²) in [5.74, 6) is 0. The Morgan fingerprint density at radius 3 is 1.76 bits per heavy atom. The van der Waals surface area contributed by atoms with Gasteiger partial charge in [0.2, 0.25) is 0 Å². The first-order chi connectivity index (χ1) is 12.4. The van der Waals surface area contributed by atoms with Crippen molar-refractivity contribution in [2.45, 2.75) is 0 Å². The fourth-order valence-electron chi connectivity index (χ4n) is 3.53. The molecule has 25 heavy (non-hydrogen) atoms. The zero-order valence-corrected chi connectivity index (χ0v) is 14.0. The van der Waals surface area contributed by atoms with Gasteiger partial charge in [0.05, 0.1) is 13.2 Å². The zero-order valence-electron chi connectivity index (χ0n) is 14.0. The molecule has 4 aromatic carbocycles. The fourth-order valence-corrected chi connectivity index (χ4v) is 3.53. The maximum atomic E-state index is 9.04. The molecule has 2 nitrogen and oxygen atoms in total. The Bertz CT molecular complexity index is 955. The van der Waals surface area contributed by atoms with Crippen molar-refractivity contribution < 1.29 is 9.76 Å². The molecule has 0 saturated heterocycles. The van der Waals surface area contributed by atoms with Gasteiger partial charge in [-0.3, -0.25) is 0 Å². The van der Waals surface area contributed by atoms with Crippen molar-refractivity contribution in [3.63, 3.8) is 0 Å². The van der Waals surface area contributed by atoms with Gasteiger partial charge < -0.3 is 9.76 Å². The van der Waals surface area contributed by atoms with Crippen LogP contribution in [0.4, 0.5) is 0 Å². The van der Waals surface area contributed by atoms with Gasteiger partial charge in [-0.15, -0.1) is 0 Å². The van der Waals surface area contributed by atoms with Crippen molar-refractivity contribution in [2.75, 3.05) is 13.2 Å². The van der Waals surface area contributed by atoms with Crippen LogP contribution in [-0.4, -0.2) is 25.8 Å². The highest BCUT2D eigenvalue weighted by Crippen LogP contribution is 2.35. The smallest absolute Gasteiger partial charge is 0.309 e. The normalized spacial score (nSPS) is 11.1. The van der Waals surface area contributed by atoms with Gasteiger partial charge in [-0.1, -0.05) is 78.9 Å². The first-order valence-corrected chi connectivity index (χ1v) is 8.56. The lowest BCUT2D eigenvalue weighted by atomic mass is 9.77. The van der Waals surface area contributed by atoms with Crippen LogP contribution in [0.1, 0.15) is 0 Å². The number of rotatable bonds is 5. The molecule has 0 spiro atoms. The van der Waals surface area contributed by atoms with Crippen LogP contribution in [0.25, 0.3) is 32.7 Å². The van der Waals surface area contributed by atoms with E-state index < -0.39 is 0 Å². The van der Waals surface area contributed by atoms with Gasteiger partial charge >= 0.3 is 7.48 Å². The van der Waals surface area contributed by atoms with Crippen molar-refractivity contribution in [1.82, 2.24) is 0 Å². The number of fused-ring (bicyclic) bond motifs is 2. The van der Waals surface area contributed by atoms with Crippen LogP contribution in [0.5, 0.6) is 0 Å². The molecule has 122 valence electrons. The molecule has 4 aromatic rings. The minimum Gasteiger partial charge on any atom is -0.432 e. The van der Waals surface area contributed by atoms with Gasteiger partial charge in [0, 0.05) is 0 Å². The molecule has 4 rings (SSSR count). The molecule has 0 aliphatic heterocycles. The molecule has 0 aliphatic carbocycles. The maximum Gasteiger partial charge on any atom is 0.309 e. The molecule has 0 saturated carbocycles. The summed E-state index contributed by atoms with van der Waals surface area (Å²) in [6.45, 7) is 0.390. The van der Waals surface area contributed by atoms with Crippen molar-refractivity contribution >= 4 is 34.5 Å². The van der Waals surface area contributed by atoms with E-state index in [9.17, 15) is 0 Å². The van der Waals surface area contributed by atoms with E-state index in [0.717, 1.165) is 0 Å². The molecule has 0 aliphatic rings. The highest BCUT2D eigenvalue weighted by Gasteiger charge is 2.15. The number of hydrogen-bond acceptors (Lipinski definition) is 2. The lowest BCUT2D eigenvalue weighted by Crippen LogP contribution is -2.21. The molecular weight excluding hydrogens is 307 g/mol. The standard InChI is InChI=1S/C22H19BO2/c24-14-15-25-23-22-19-12-6-4-10-17(19)21(16-8-2-1-3-9-16)18-11-5-7-13-20(18)22/h1-13,23-24H,14-15H2. The van der Waals surface area contributed by atoms with Gasteiger partial charge in [-0.25, -0.2) is 0 Å². The molecule has 1 N–H and O–H groups in total. The summed E-state index contributed by atoms with van der Waals surface area (Å²) in [6.07, 6.45) is 0. The van der Waals surface area contributed by atoms with Gasteiger partial charge in [0.15, 0.2) is 0 Å². The first kappa shape index (κ1) is 15.9. The van der Waals surface area contributed by atoms with Crippen LogP contribution in [0.3, 0.4) is 0 Å². The summed E-state index contributed by atoms with van der Waals surface area (Å²) in [5, 5.41) is 13.9. The van der Waals surface area contributed by atoms with E-state index in [0.29, 0.717) is 14.1 Å². The number of aliphatic hydroxyl groups excluding tert-OH is 1. The second kappa shape index (κ2) is 7.10. The lowest BCUT2D eigenvalue weighted by molar-refractivity contribution is 0.209. The van der Waals surface area contributed by atoms with E-state index in [1.54, 1.807) is 0 Å². The topological polar surface area (TPSA) is 29.5 Å². The molecule has 0 heterocycles. The summed E-state index contributed by atoms with van der Waals surface area (Å²) >= 11 is 0. The first-order valence-electron chi connectivity index (χ1n) is 8.56. The molecule has 0 atom stereocenters. The Morgan fingerprint density at radius 1 is 0.680 bits per heavy atom. The monoisotopic (exact) mass is 326 g/mol. The maximum absolute atomic E-state index is 9.04. The molecule has 0 bridgehead atoms. The Kier molecular flexibility index (Phi) is 4.51. The van der Waals surface area contributed by atoms with Crippen molar-refractivity contribution in [3.05, 3.63) is 78.9 Å². The average molecular weight is 326 g/mol. The third-order valence-electron chi connectivity index (χ3n) is 4.59. The van der Waals surface area contributed by atoms with E-state index in [4.69, 9.17) is 9.76 Å². The summed E-state index contributed by atoms with van der Waals surface area (Å²) in [7, 11) is 0.497. The Hall–Kier alpha value is -2.62. The summed E-state index contributed by atoms with van der Waals surface area (Å²) in [5.41, 5.74) is 3.66. The van der Waals surface area contributed by atoms with Crippen molar-refractivity contribution in [3.8, 4) is 11.1 Å². The highest BCUT2D eigenvalue weighted by atomic mass is 16.4. The zero-order chi connectivity index (χ0) is 17.1. The second-order valence-electron chi connectivity index (χ2n) is 6.09. The Balaban J connectivity index is 2.06. The molecule has 3 heteroatoms. The molecule has 0 amide bonds. The Morgan fingerprint density at radius 2 is 1.20 bits per heavy atom. The van der Waals surface area contributed by atoms with E-state index >= 15 is 0 Å². The molecule has 0 unspecified atom stereocenters. The third-order valence-corrected chi connectivity index (χ3v) is 4.59. The summed E-state index contributed by atoms with van der Waals surface area (Å²) in [4.78, 5) is 0. The van der Waals surface area contributed by atoms with E-state index in [1.807, 2.05) is 6.07 Å². The molecule has 0 aromatic heterocycles. The largest absolute Gasteiger partial charge is 0.432 e. The number of aliphatic hydroxyl groups is 1. The third kappa shape index (κ3) is 2.93. The highest BCUT2D eigenvalue weighted by molar-refractivity contribution is 6.56. The quantitative estimate of drug-likeness (QED) is 0.345. The SMILES string of the molecule is OCCOBc1c2ccccc2c(-c2ccccc2)c2ccccc12. The van der Waals surface area contributed by atoms with Crippen LogP contribution in [0.15, 0.2) is 78.9 Å². The van der Waals surface area contributed by atoms with E-state index in [1.165, 1.54) is 38.1 Å². The van der Waals surface area contributed by atoms with Crippen LogP contribution in [0.2, 0.25) is 0 Å². The number of benzene rings is 4. The van der Waals surface area contributed by atoms with E-state index in [2.05, 4.69) is 72.8 Å². The van der Waals surface area contributed by atoms with Crippen molar-refractivity contribution in [1.29, 1.82) is 0 Å². The summed E-state index contributed by atoms with van der Waals surface area (Å²) < 4.78 is 5.68. The fraction of sp³-hybridized carbons (Fsp3) is 0.0909. The predicted octanol–water partition coefficient (Wildman–Crippen LogP) is 3.65. The van der Waals surface area contributed by atoms with Gasteiger partial charge in [0.1, 0.15) is 0 Å². The predicted molar refractivity (Wildman–Crippen MR) is 107 cm³/mol. The molecular formula is C22H19BO2. The number of hydrogen-bond donors (Lipinski definition) is 1. The minimum atomic E-state index is 0.0396. The van der Waals surface area contributed by atoms with E-state index in [-0.39, 0.29) is 6.61 Å². The van der Waals surface area contributed by atoms with Crippen LogP contribution >= 0.6 is 0 Å². The van der Waals surface area contributed by atoms with Gasteiger partial charge in [-0.2, -0.15) is 0 Å².